The quantitative estimate of drug-likeness (QED) is 0.822. The fourth-order valence-corrected chi connectivity index (χ4v) is 1.28. The summed E-state index contributed by atoms with van der Waals surface area (Å²) in [6.07, 6.45) is 1.71. The summed E-state index contributed by atoms with van der Waals surface area (Å²) in [6, 6.07) is 5.54. The maximum absolute atomic E-state index is 11.9. The molecule has 88 valence electrons. The molecule has 0 fully saturated rings. The molecule has 1 N–H and O–H groups in total. The lowest BCUT2D eigenvalue weighted by Crippen LogP contribution is -2.39. The monoisotopic (exact) mass is 240 g/mol. The van der Waals surface area contributed by atoms with E-state index < -0.39 is 5.41 Å². The minimum atomic E-state index is -0.551. The van der Waals surface area contributed by atoms with Gasteiger partial charge in [-0.05, 0) is 32.9 Å². The van der Waals surface area contributed by atoms with E-state index in [0.717, 1.165) is 5.69 Å². The van der Waals surface area contributed by atoms with E-state index in [0.29, 0.717) is 5.88 Å². The van der Waals surface area contributed by atoms with E-state index in [4.69, 9.17) is 11.6 Å². The van der Waals surface area contributed by atoms with Gasteiger partial charge in [-0.15, -0.1) is 11.6 Å². The zero-order chi connectivity index (χ0) is 12.2. The summed E-state index contributed by atoms with van der Waals surface area (Å²) in [7, 11) is 0. The van der Waals surface area contributed by atoms with Crippen LogP contribution in [0.1, 0.15) is 32.5 Å². The Morgan fingerprint density at radius 2 is 2.25 bits per heavy atom. The van der Waals surface area contributed by atoms with Crippen molar-refractivity contribution < 1.29 is 4.79 Å². The molecule has 0 bridgehead atoms. The molecular formula is C12H17ClN2O. The summed E-state index contributed by atoms with van der Waals surface area (Å²) in [6.45, 7) is 5.55. The van der Waals surface area contributed by atoms with Gasteiger partial charge in [0.1, 0.15) is 0 Å². The fraction of sp³-hybridized carbons (Fsp3) is 0.500. The molecule has 0 aliphatic heterocycles. The second-order valence-electron chi connectivity index (χ2n) is 4.47. The number of carbonyl (C=O) groups is 1. The van der Waals surface area contributed by atoms with Gasteiger partial charge < -0.3 is 5.32 Å². The molecule has 0 spiro atoms. The minimum Gasteiger partial charge on any atom is -0.348 e. The predicted molar refractivity (Wildman–Crippen MR) is 65.3 cm³/mol. The van der Waals surface area contributed by atoms with Gasteiger partial charge in [-0.1, -0.05) is 6.07 Å². The van der Waals surface area contributed by atoms with Crippen LogP contribution in [0.2, 0.25) is 0 Å². The van der Waals surface area contributed by atoms with Gasteiger partial charge >= 0.3 is 0 Å². The molecule has 1 aromatic heterocycles. The number of alkyl halides is 1. The van der Waals surface area contributed by atoms with Crippen molar-refractivity contribution in [3.8, 4) is 0 Å². The van der Waals surface area contributed by atoms with Crippen LogP contribution in [0.25, 0.3) is 0 Å². The maximum Gasteiger partial charge on any atom is 0.227 e. The van der Waals surface area contributed by atoms with Gasteiger partial charge in [-0.2, -0.15) is 0 Å². The Morgan fingerprint density at radius 1 is 1.56 bits per heavy atom. The third kappa shape index (κ3) is 3.20. The summed E-state index contributed by atoms with van der Waals surface area (Å²) in [5.74, 6) is 0.244. The number of amides is 1. The van der Waals surface area contributed by atoms with E-state index in [2.05, 4.69) is 10.3 Å². The van der Waals surface area contributed by atoms with Crippen LogP contribution >= 0.6 is 11.6 Å². The van der Waals surface area contributed by atoms with Crippen LogP contribution in [0, 0.1) is 5.41 Å². The molecule has 1 heterocycles. The van der Waals surface area contributed by atoms with Crippen LogP contribution < -0.4 is 5.32 Å². The molecule has 0 radical (unpaired) electrons. The van der Waals surface area contributed by atoms with Crippen molar-refractivity contribution >= 4 is 17.5 Å². The van der Waals surface area contributed by atoms with Crippen molar-refractivity contribution in [3.63, 3.8) is 0 Å². The Balaban J connectivity index is 2.66. The lowest BCUT2D eigenvalue weighted by molar-refractivity contribution is -0.129. The van der Waals surface area contributed by atoms with Gasteiger partial charge in [0.25, 0.3) is 0 Å². The highest BCUT2D eigenvalue weighted by atomic mass is 35.5. The van der Waals surface area contributed by atoms with Gasteiger partial charge in [0.05, 0.1) is 17.2 Å². The van der Waals surface area contributed by atoms with Crippen LogP contribution in [0.15, 0.2) is 24.4 Å². The molecule has 16 heavy (non-hydrogen) atoms. The van der Waals surface area contributed by atoms with Crippen molar-refractivity contribution in [1.29, 1.82) is 0 Å². The third-order valence-corrected chi connectivity index (χ3v) is 3.10. The molecule has 1 rings (SSSR count). The minimum absolute atomic E-state index is 0.0550. The Kier molecular flexibility index (Phi) is 4.30. The first kappa shape index (κ1) is 13.0. The predicted octanol–water partition coefficient (Wildman–Crippen LogP) is 2.52. The SMILES string of the molecule is CC(NC(=O)C(C)(C)CCl)c1ccccn1. The standard InChI is InChI=1S/C12H17ClN2O/c1-9(10-6-4-5-7-14-10)15-11(16)12(2,3)8-13/h4-7,9H,8H2,1-3H3,(H,15,16). The van der Waals surface area contributed by atoms with E-state index in [9.17, 15) is 4.79 Å². The molecule has 0 aliphatic rings. The summed E-state index contributed by atoms with van der Waals surface area (Å²) in [5.41, 5.74) is 0.297. The van der Waals surface area contributed by atoms with Crippen LogP contribution in [0.3, 0.4) is 0 Å². The largest absolute Gasteiger partial charge is 0.348 e. The molecule has 0 saturated heterocycles. The molecule has 1 atom stereocenters. The molecule has 1 aromatic rings. The molecule has 0 saturated carbocycles. The van der Waals surface area contributed by atoms with Crippen molar-refractivity contribution in [2.24, 2.45) is 5.41 Å². The van der Waals surface area contributed by atoms with Gasteiger partial charge in [-0.25, -0.2) is 0 Å². The number of pyridine rings is 1. The van der Waals surface area contributed by atoms with Gasteiger partial charge in [-0.3, -0.25) is 9.78 Å². The molecule has 3 nitrogen and oxygen atoms in total. The van der Waals surface area contributed by atoms with Crippen LogP contribution in [-0.2, 0) is 4.79 Å². The average Bonchev–Trinajstić information content (AvgIpc) is 2.30. The topological polar surface area (TPSA) is 42.0 Å². The van der Waals surface area contributed by atoms with E-state index in [1.807, 2.05) is 39.0 Å². The summed E-state index contributed by atoms with van der Waals surface area (Å²) in [4.78, 5) is 16.0. The smallest absolute Gasteiger partial charge is 0.227 e. The zero-order valence-corrected chi connectivity index (χ0v) is 10.6. The molecule has 0 aliphatic carbocycles. The van der Waals surface area contributed by atoms with Crippen molar-refractivity contribution in [2.75, 3.05) is 5.88 Å². The van der Waals surface area contributed by atoms with Crippen LogP contribution in [-0.4, -0.2) is 16.8 Å². The molecular weight excluding hydrogens is 224 g/mol. The highest BCUT2D eigenvalue weighted by Gasteiger charge is 2.27. The second kappa shape index (κ2) is 5.30. The molecule has 4 heteroatoms. The number of rotatable bonds is 4. The number of halogens is 1. The molecule has 1 amide bonds. The fourth-order valence-electron chi connectivity index (χ4n) is 1.16. The zero-order valence-electron chi connectivity index (χ0n) is 9.83. The Morgan fingerprint density at radius 3 is 2.75 bits per heavy atom. The van der Waals surface area contributed by atoms with Gasteiger partial charge in [0, 0.05) is 12.1 Å². The van der Waals surface area contributed by atoms with Crippen LogP contribution in [0.4, 0.5) is 0 Å². The molecule has 1 unspecified atom stereocenters. The maximum atomic E-state index is 11.9. The first-order valence-electron chi connectivity index (χ1n) is 5.25. The Bertz CT molecular complexity index is 351. The third-order valence-electron chi connectivity index (χ3n) is 2.43. The summed E-state index contributed by atoms with van der Waals surface area (Å²) >= 11 is 5.74. The van der Waals surface area contributed by atoms with E-state index in [1.165, 1.54) is 0 Å². The second-order valence-corrected chi connectivity index (χ2v) is 4.73. The number of hydrogen-bond acceptors (Lipinski definition) is 2. The number of carbonyl (C=O) groups excluding carboxylic acids is 1. The Labute approximate surface area is 101 Å². The van der Waals surface area contributed by atoms with Gasteiger partial charge in [0.2, 0.25) is 5.91 Å². The highest BCUT2D eigenvalue weighted by Crippen LogP contribution is 2.19. The van der Waals surface area contributed by atoms with Crippen LogP contribution in [0.5, 0.6) is 0 Å². The van der Waals surface area contributed by atoms with Crippen molar-refractivity contribution in [1.82, 2.24) is 10.3 Å². The molecule has 0 aromatic carbocycles. The average molecular weight is 241 g/mol. The number of hydrogen-bond donors (Lipinski definition) is 1. The van der Waals surface area contributed by atoms with Crippen molar-refractivity contribution in [3.05, 3.63) is 30.1 Å². The summed E-state index contributed by atoms with van der Waals surface area (Å²) < 4.78 is 0. The number of nitrogens with one attached hydrogen (secondary N) is 1. The summed E-state index contributed by atoms with van der Waals surface area (Å²) in [5, 5.41) is 2.90. The highest BCUT2D eigenvalue weighted by molar-refractivity contribution is 6.19. The Hall–Kier alpha value is -1.09. The first-order valence-corrected chi connectivity index (χ1v) is 5.78. The lowest BCUT2D eigenvalue weighted by atomic mass is 9.94. The van der Waals surface area contributed by atoms with E-state index in [1.54, 1.807) is 6.20 Å². The van der Waals surface area contributed by atoms with Crippen molar-refractivity contribution in [2.45, 2.75) is 26.8 Å². The van der Waals surface area contributed by atoms with E-state index in [-0.39, 0.29) is 11.9 Å². The normalized spacial score (nSPS) is 13.2. The van der Waals surface area contributed by atoms with Gasteiger partial charge in [0.15, 0.2) is 0 Å². The first-order chi connectivity index (χ1) is 7.47. The number of nitrogens with zero attached hydrogens (tertiary/aromatic N) is 1. The lowest BCUT2D eigenvalue weighted by Gasteiger charge is -2.23. The number of aromatic nitrogens is 1. The van der Waals surface area contributed by atoms with E-state index >= 15 is 0 Å².